The van der Waals surface area contributed by atoms with Gasteiger partial charge in [-0.05, 0) is 19.3 Å². The Labute approximate surface area is 96.0 Å². The van der Waals surface area contributed by atoms with Gasteiger partial charge < -0.3 is 14.7 Å². The number of urea groups is 1. The van der Waals surface area contributed by atoms with Crippen LogP contribution in [0.1, 0.15) is 19.3 Å². The van der Waals surface area contributed by atoms with Gasteiger partial charge in [0.1, 0.15) is 0 Å². The van der Waals surface area contributed by atoms with Crippen molar-refractivity contribution in [1.29, 1.82) is 0 Å². The fourth-order valence-electron chi connectivity index (χ4n) is 2.30. The number of rotatable bonds is 1. The zero-order valence-electron chi connectivity index (χ0n) is 9.60. The Morgan fingerprint density at radius 1 is 0.812 bits per heavy atom. The Morgan fingerprint density at radius 3 is 1.94 bits per heavy atom. The van der Waals surface area contributed by atoms with Crippen LogP contribution >= 0.6 is 0 Å². The quantitative estimate of drug-likeness (QED) is 0.605. The third kappa shape index (κ3) is 2.46. The Morgan fingerprint density at radius 2 is 1.38 bits per heavy atom. The molecule has 0 radical (unpaired) electrons. The van der Waals surface area contributed by atoms with Crippen LogP contribution in [0.3, 0.4) is 0 Å². The number of carbonyl (C=O) groups excluding carboxylic acids is 2. The minimum absolute atomic E-state index is 0.158. The van der Waals surface area contributed by atoms with Gasteiger partial charge in [-0.3, -0.25) is 4.79 Å². The maximum Gasteiger partial charge on any atom is 0.320 e. The fraction of sp³-hybridized carbons (Fsp3) is 0.818. The lowest BCUT2D eigenvalue weighted by molar-refractivity contribution is -0.119. The summed E-state index contributed by atoms with van der Waals surface area (Å²) in [6, 6.07) is 0.158. The molecule has 0 aliphatic carbocycles. The van der Waals surface area contributed by atoms with E-state index in [4.69, 9.17) is 0 Å². The van der Waals surface area contributed by atoms with Crippen LogP contribution in [0.2, 0.25) is 0 Å². The van der Waals surface area contributed by atoms with E-state index < -0.39 is 0 Å². The first-order valence-electron chi connectivity index (χ1n) is 6.04. The van der Waals surface area contributed by atoms with Crippen LogP contribution in [-0.4, -0.2) is 66.4 Å². The number of likely N-dealkylation sites (tertiary alicyclic amines) is 1. The summed E-state index contributed by atoms with van der Waals surface area (Å²) in [4.78, 5) is 28.2. The van der Waals surface area contributed by atoms with Crippen LogP contribution < -0.4 is 0 Å². The summed E-state index contributed by atoms with van der Waals surface area (Å²) in [5.41, 5.74) is 0. The lowest BCUT2D eigenvalue weighted by Crippen LogP contribution is -2.53. The second kappa shape index (κ2) is 5.18. The standard InChI is InChI=1S/C11H19N3O2/c15-10-12-6-8-14(9-7-12)11(16)13-4-2-1-3-5-13/h10H,1-9H2. The minimum atomic E-state index is 0.158. The molecule has 5 heteroatoms. The molecule has 0 atom stereocenters. The molecule has 2 rings (SSSR count). The zero-order valence-corrected chi connectivity index (χ0v) is 9.60. The van der Waals surface area contributed by atoms with E-state index in [0.29, 0.717) is 26.2 Å². The molecule has 16 heavy (non-hydrogen) atoms. The van der Waals surface area contributed by atoms with Crippen LogP contribution in [0.4, 0.5) is 4.79 Å². The number of nitrogens with zero attached hydrogens (tertiary/aromatic N) is 3. The number of amides is 3. The van der Waals surface area contributed by atoms with E-state index in [0.717, 1.165) is 32.3 Å². The van der Waals surface area contributed by atoms with Gasteiger partial charge >= 0.3 is 6.03 Å². The van der Waals surface area contributed by atoms with Crippen molar-refractivity contribution in [3.63, 3.8) is 0 Å². The maximum absolute atomic E-state index is 12.1. The molecule has 3 amide bonds. The van der Waals surface area contributed by atoms with E-state index in [-0.39, 0.29) is 6.03 Å². The molecule has 0 N–H and O–H groups in total. The van der Waals surface area contributed by atoms with Gasteiger partial charge in [-0.25, -0.2) is 4.79 Å². The topological polar surface area (TPSA) is 43.9 Å². The number of piperidine rings is 1. The molecule has 2 heterocycles. The summed E-state index contributed by atoms with van der Waals surface area (Å²) in [5, 5.41) is 0. The molecule has 2 fully saturated rings. The van der Waals surface area contributed by atoms with E-state index in [1.807, 2.05) is 9.80 Å². The fourth-order valence-corrected chi connectivity index (χ4v) is 2.30. The summed E-state index contributed by atoms with van der Waals surface area (Å²) in [5.74, 6) is 0. The van der Waals surface area contributed by atoms with Gasteiger partial charge in [0.05, 0.1) is 0 Å². The van der Waals surface area contributed by atoms with Gasteiger partial charge in [0.15, 0.2) is 0 Å². The third-order valence-corrected chi connectivity index (χ3v) is 3.36. The van der Waals surface area contributed by atoms with Crippen LogP contribution in [0.15, 0.2) is 0 Å². The van der Waals surface area contributed by atoms with Crippen molar-refractivity contribution in [1.82, 2.24) is 14.7 Å². The predicted molar refractivity (Wildman–Crippen MR) is 60.0 cm³/mol. The van der Waals surface area contributed by atoms with Crippen molar-refractivity contribution in [3.05, 3.63) is 0 Å². The second-order valence-corrected chi connectivity index (χ2v) is 4.46. The molecule has 0 aromatic rings. The highest BCUT2D eigenvalue weighted by Crippen LogP contribution is 2.12. The van der Waals surface area contributed by atoms with Crippen LogP contribution in [-0.2, 0) is 4.79 Å². The van der Waals surface area contributed by atoms with Gasteiger partial charge in [-0.15, -0.1) is 0 Å². The van der Waals surface area contributed by atoms with Gasteiger partial charge in [0.2, 0.25) is 6.41 Å². The Balaban J connectivity index is 1.83. The smallest absolute Gasteiger partial charge is 0.320 e. The monoisotopic (exact) mass is 225 g/mol. The average molecular weight is 225 g/mol. The van der Waals surface area contributed by atoms with E-state index in [2.05, 4.69) is 0 Å². The van der Waals surface area contributed by atoms with Gasteiger partial charge in [-0.2, -0.15) is 0 Å². The first kappa shape index (κ1) is 11.2. The van der Waals surface area contributed by atoms with Crippen molar-refractivity contribution in [2.45, 2.75) is 19.3 Å². The largest absolute Gasteiger partial charge is 0.342 e. The van der Waals surface area contributed by atoms with Crippen molar-refractivity contribution in [2.24, 2.45) is 0 Å². The SMILES string of the molecule is O=CN1CCN(C(=O)N2CCCCC2)CC1. The van der Waals surface area contributed by atoms with Crippen molar-refractivity contribution >= 4 is 12.4 Å². The average Bonchev–Trinajstić information content (AvgIpc) is 2.39. The summed E-state index contributed by atoms with van der Waals surface area (Å²) in [6.07, 6.45) is 4.35. The molecule has 0 aromatic heterocycles. The molecule has 2 aliphatic heterocycles. The van der Waals surface area contributed by atoms with Crippen LogP contribution in [0.25, 0.3) is 0 Å². The second-order valence-electron chi connectivity index (χ2n) is 4.46. The molecule has 0 unspecified atom stereocenters. The molecule has 0 aromatic carbocycles. The molecule has 2 aliphatic rings. The molecule has 2 saturated heterocycles. The van der Waals surface area contributed by atoms with Crippen LogP contribution in [0, 0.1) is 0 Å². The Hall–Kier alpha value is -1.26. The molecular formula is C11H19N3O2. The zero-order chi connectivity index (χ0) is 11.4. The summed E-state index contributed by atoms with van der Waals surface area (Å²) >= 11 is 0. The normalized spacial score (nSPS) is 22.1. The first-order chi connectivity index (χ1) is 7.81. The predicted octanol–water partition coefficient (Wildman–Crippen LogP) is 0.366. The maximum atomic E-state index is 12.1. The molecule has 5 nitrogen and oxygen atoms in total. The molecule has 0 spiro atoms. The number of piperazine rings is 1. The first-order valence-corrected chi connectivity index (χ1v) is 6.04. The number of carbonyl (C=O) groups is 2. The summed E-state index contributed by atoms with van der Waals surface area (Å²) in [7, 11) is 0. The molecule has 0 saturated carbocycles. The van der Waals surface area contributed by atoms with Crippen LogP contribution in [0.5, 0.6) is 0 Å². The minimum Gasteiger partial charge on any atom is -0.342 e. The van der Waals surface area contributed by atoms with Crippen molar-refractivity contribution in [2.75, 3.05) is 39.3 Å². The van der Waals surface area contributed by atoms with Crippen molar-refractivity contribution in [3.8, 4) is 0 Å². The summed E-state index contributed by atoms with van der Waals surface area (Å²) < 4.78 is 0. The van der Waals surface area contributed by atoms with E-state index >= 15 is 0 Å². The van der Waals surface area contributed by atoms with Gasteiger partial charge in [0.25, 0.3) is 0 Å². The molecule has 0 bridgehead atoms. The van der Waals surface area contributed by atoms with E-state index in [1.54, 1.807) is 4.90 Å². The highest BCUT2D eigenvalue weighted by Gasteiger charge is 2.25. The molecule has 90 valence electrons. The Kier molecular flexibility index (Phi) is 3.64. The highest BCUT2D eigenvalue weighted by molar-refractivity contribution is 5.74. The van der Waals surface area contributed by atoms with Gasteiger partial charge in [-0.1, -0.05) is 0 Å². The van der Waals surface area contributed by atoms with E-state index in [1.165, 1.54) is 6.42 Å². The van der Waals surface area contributed by atoms with Crippen molar-refractivity contribution < 1.29 is 9.59 Å². The molecular weight excluding hydrogens is 206 g/mol. The Bertz CT molecular complexity index is 256. The lowest BCUT2D eigenvalue weighted by atomic mass is 10.1. The number of hydrogen-bond acceptors (Lipinski definition) is 2. The third-order valence-electron chi connectivity index (χ3n) is 3.36. The number of hydrogen-bond donors (Lipinski definition) is 0. The van der Waals surface area contributed by atoms with Gasteiger partial charge in [0, 0.05) is 39.3 Å². The van der Waals surface area contributed by atoms with E-state index in [9.17, 15) is 9.59 Å². The highest BCUT2D eigenvalue weighted by atomic mass is 16.2. The lowest BCUT2D eigenvalue weighted by Gasteiger charge is -2.37. The summed E-state index contributed by atoms with van der Waals surface area (Å²) in [6.45, 7) is 4.48.